The summed E-state index contributed by atoms with van der Waals surface area (Å²) in [6, 6.07) is 10.5. The molecule has 0 aliphatic heterocycles. The van der Waals surface area contributed by atoms with E-state index in [4.69, 9.17) is 0 Å². The van der Waals surface area contributed by atoms with E-state index in [1.54, 1.807) is 24.3 Å². The lowest BCUT2D eigenvalue weighted by Crippen LogP contribution is -2.24. The Bertz CT molecular complexity index is 639. The van der Waals surface area contributed by atoms with Crippen molar-refractivity contribution < 1.29 is 14.0 Å². The van der Waals surface area contributed by atoms with Crippen molar-refractivity contribution in [1.82, 2.24) is 10.3 Å². The molecule has 0 saturated heterocycles. The Balaban J connectivity index is 2.03. The summed E-state index contributed by atoms with van der Waals surface area (Å²) in [5.74, 6) is -0.897. The fourth-order valence-electron chi connectivity index (χ4n) is 1.63. The fraction of sp³-hybridized carbons (Fsp3) is 0.133. The van der Waals surface area contributed by atoms with Gasteiger partial charge in [-0.25, -0.2) is 9.37 Å². The zero-order valence-electron chi connectivity index (χ0n) is 10.9. The van der Waals surface area contributed by atoms with E-state index in [1.165, 1.54) is 25.1 Å². The molecule has 1 aromatic heterocycles. The zero-order valence-corrected chi connectivity index (χ0v) is 10.9. The summed E-state index contributed by atoms with van der Waals surface area (Å²) in [5.41, 5.74) is 1.21. The Hall–Kier alpha value is -2.56. The van der Waals surface area contributed by atoms with Crippen LogP contribution in [0.4, 0.5) is 4.39 Å². The molecule has 20 heavy (non-hydrogen) atoms. The molecule has 0 radical (unpaired) electrons. The van der Waals surface area contributed by atoms with E-state index in [0.717, 1.165) is 5.56 Å². The number of nitrogens with zero attached hydrogens (tertiary/aromatic N) is 1. The number of hydrogen-bond donors (Lipinski definition) is 1. The molecule has 0 aliphatic carbocycles. The van der Waals surface area contributed by atoms with E-state index < -0.39 is 0 Å². The molecule has 1 amide bonds. The molecule has 1 heterocycles. The van der Waals surface area contributed by atoms with E-state index in [9.17, 15) is 14.0 Å². The third-order valence-corrected chi connectivity index (χ3v) is 2.71. The number of aromatic nitrogens is 1. The van der Waals surface area contributed by atoms with E-state index in [1.807, 2.05) is 0 Å². The number of ketones is 1. The molecule has 0 unspecified atom stereocenters. The van der Waals surface area contributed by atoms with Gasteiger partial charge in [-0.2, -0.15) is 0 Å². The predicted octanol–water partition coefficient (Wildman–Crippen LogP) is 2.35. The third-order valence-electron chi connectivity index (χ3n) is 2.71. The maximum absolute atomic E-state index is 12.7. The molecule has 102 valence electrons. The van der Waals surface area contributed by atoms with Crippen LogP contribution in [0.25, 0.3) is 0 Å². The van der Waals surface area contributed by atoms with E-state index in [2.05, 4.69) is 10.3 Å². The van der Waals surface area contributed by atoms with Gasteiger partial charge in [0.25, 0.3) is 5.91 Å². The zero-order chi connectivity index (χ0) is 14.5. The van der Waals surface area contributed by atoms with Crippen LogP contribution in [-0.2, 0) is 6.54 Å². The monoisotopic (exact) mass is 272 g/mol. The lowest BCUT2D eigenvalue weighted by atomic mass is 10.2. The number of rotatable bonds is 4. The summed E-state index contributed by atoms with van der Waals surface area (Å²) >= 11 is 0. The summed E-state index contributed by atoms with van der Waals surface area (Å²) in [7, 11) is 0. The van der Waals surface area contributed by atoms with Gasteiger partial charge >= 0.3 is 0 Å². The van der Waals surface area contributed by atoms with Gasteiger partial charge in [0.2, 0.25) is 0 Å². The van der Waals surface area contributed by atoms with Crippen molar-refractivity contribution in [2.45, 2.75) is 13.5 Å². The Morgan fingerprint density at radius 3 is 2.40 bits per heavy atom. The predicted molar refractivity (Wildman–Crippen MR) is 71.8 cm³/mol. The van der Waals surface area contributed by atoms with Crippen molar-refractivity contribution in [3.8, 4) is 0 Å². The summed E-state index contributed by atoms with van der Waals surface area (Å²) in [4.78, 5) is 27.1. The minimum Gasteiger partial charge on any atom is -0.347 e. The van der Waals surface area contributed by atoms with Crippen LogP contribution >= 0.6 is 0 Å². The summed E-state index contributed by atoms with van der Waals surface area (Å²) in [6.45, 7) is 1.66. The molecule has 1 N–H and O–H groups in total. The average Bonchev–Trinajstić information content (AvgIpc) is 2.46. The van der Waals surface area contributed by atoms with Gasteiger partial charge in [0.15, 0.2) is 5.78 Å². The summed E-state index contributed by atoms with van der Waals surface area (Å²) in [6.07, 6.45) is 0. The molecule has 5 heteroatoms. The van der Waals surface area contributed by atoms with Crippen molar-refractivity contribution in [2.75, 3.05) is 0 Å². The van der Waals surface area contributed by atoms with Crippen molar-refractivity contribution in [3.63, 3.8) is 0 Å². The van der Waals surface area contributed by atoms with Crippen molar-refractivity contribution in [3.05, 3.63) is 65.2 Å². The van der Waals surface area contributed by atoms with Crippen LogP contribution in [0, 0.1) is 5.82 Å². The van der Waals surface area contributed by atoms with E-state index >= 15 is 0 Å². The van der Waals surface area contributed by atoms with Gasteiger partial charge in [0.05, 0.1) is 0 Å². The van der Waals surface area contributed by atoms with Crippen molar-refractivity contribution in [1.29, 1.82) is 0 Å². The second-order valence-corrected chi connectivity index (χ2v) is 4.27. The van der Waals surface area contributed by atoms with Gasteiger partial charge in [0.1, 0.15) is 17.2 Å². The second kappa shape index (κ2) is 6.06. The van der Waals surface area contributed by atoms with Gasteiger partial charge in [0, 0.05) is 13.5 Å². The highest BCUT2D eigenvalue weighted by Crippen LogP contribution is 2.04. The number of amides is 1. The first-order valence-corrected chi connectivity index (χ1v) is 6.07. The number of carbonyl (C=O) groups is 2. The number of pyridine rings is 1. The maximum Gasteiger partial charge on any atom is 0.270 e. The highest BCUT2D eigenvalue weighted by Gasteiger charge is 2.09. The lowest BCUT2D eigenvalue weighted by molar-refractivity contribution is 0.0945. The Labute approximate surface area is 115 Å². The Morgan fingerprint density at radius 1 is 1.10 bits per heavy atom. The standard InChI is InChI=1S/C15H13FN2O2/c1-10(19)13-3-2-4-14(18-13)15(20)17-9-11-5-7-12(16)8-6-11/h2-8H,9H2,1H3,(H,17,20). The number of nitrogens with one attached hydrogen (secondary N) is 1. The van der Waals surface area contributed by atoms with E-state index in [-0.39, 0.29) is 35.4 Å². The SMILES string of the molecule is CC(=O)c1cccc(C(=O)NCc2ccc(F)cc2)n1. The van der Waals surface area contributed by atoms with E-state index in [0.29, 0.717) is 0 Å². The number of Topliss-reactive ketones (excluding diaryl/α,β-unsaturated/α-hetero) is 1. The maximum atomic E-state index is 12.7. The number of benzene rings is 1. The highest BCUT2D eigenvalue weighted by molar-refractivity contribution is 5.96. The number of hydrogen-bond acceptors (Lipinski definition) is 3. The number of halogens is 1. The summed E-state index contributed by atoms with van der Waals surface area (Å²) < 4.78 is 12.7. The van der Waals surface area contributed by atoms with Crippen LogP contribution in [-0.4, -0.2) is 16.7 Å². The molecule has 2 rings (SSSR count). The van der Waals surface area contributed by atoms with Crippen LogP contribution in [0.3, 0.4) is 0 Å². The smallest absolute Gasteiger partial charge is 0.270 e. The van der Waals surface area contributed by atoms with Crippen LogP contribution < -0.4 is 5.32 Å². The van der Waals surface area contributed by atoms with Crippen LogP contribution in [0.15, 0.2) is 42.5 Å². The van der Waals surface area contributed by atoms with Gasteiger partial charge in [-0.1, -0.05) is 18.2 Å². The Kier molecular flexibility index (Phi) is 4.20. The largest absolute Gasteiger partial charge is 0.347 e. The van der Waals surface area contributed by atoms with Crippen molar-refractivity contribution >= 4 is 11.7 Å². The molecule has 0 atom stereocenters. The summed E-state index contributed by atoms with van der Waals surface area (Å²) in [5, 5.41) is 2.67. The van der Waals surface area contributed by atoms with Crippen LogP contribution in [0.2, 0.25) is 0 Å². The topological polar surface area (TPSA) is 59.1 Å². The average molecular weight is 272 g/mol. The Morgan fingerprint density at radius 2 is 1.75 bits per heavy atom. The minimum absolute atomic E-state index is 0.180. The molecule has 0 spiro atoms. The molecule has 1 aromatic carbocycles. The van der Waals surface area contributed by atoms with Crippen LogP contribution in [0.5, 0.6) is 0 Å². The molecule has 2 aromatic rings. The van der Waals surface area contributed by atoms with Gasteiger partial charge in [-0.05, 0) is 29.8 Å². The van der Waals surface area contributed by atoms with Gasteiger partial charge in [-0.15, -0.1) is 0 Å². The highest BCUT2D eigenvalue weighted by atomic mass is 19.1. The molecular formula is C15H13FN2O2. The molecule has 0 fully saturated rings. The second-order valence-electron chi connectivity index (χ2n) is 4.27. The first-order valence-electron chi connectivity index (χ1n) is 6.07. The normalized spacial score (nSPS) is 10.1. The van der Waals surface area contributed by atoms with Gasteiger partial charge < -0.3 is 5.32 Å². The molecule has 4 nitrogen and oxygen atoms in total. The first-order chi connectivity index (χ1) is 9.56. The quantitative estimate of drug-likeness (QED) is 0.869. The number of carbonyl (C=O) groups excluding carboxylic acids is 2. The minimum atomic E-state index is -0.377. The first kappa shape index (κ1) is 13.9. The molecule has 0 saturated carbocycles. The van der Waals surface area contributed by atoms with Gasteiger partial charge in [-0.3, -0.25) is 9.59 Å². The fourth-order valence-corrected chi connectivity index (χ4v) is 1.63. The molecule has 0 bridgehead atoms. The molecule has 0 aliphatic rings. The van der Waals surface area contributed by atoms with Crippen molar-refractivity contribution in [2.24, 2.45) is 0 Å². The van der Waals surface area contributed by atoms with Crippen LogP contribution in [0.1, 0.15) is 33.5 Å². The molecular weight excluding hydrogens is 259 g/mol. The third kappa shape index (κ3) is 3.47. The lowest BCUT2D eigenvalue weighted by Gasteiger charge is -2.05.